The molecule has 0 spiro atoms. The summed E-state index contributed by atoms with van der Waals surface area (Å²) in [6.45, 7) is 0.471. The number of urea groups is 1. The van der Waals surface area contributed by atoms with E-state index in [0.717, 1.165) is 5.56 Å². The van der Waals surface area contributed by atoms with Gasteiger partial charge in [-0.3, -0.25) is 19.1 Å². The third-order valence-electron chi connectivity index (χ3n) is 5.98. The number of nitrogens with zero attached hydrogens (tertiary/aromatic N) is 2. The van der Waals surface area contributed by atoms with E-state index in [1.807, 2.05) is 0 Å². The molecule has 1 aliphatic heterocycles. The molecule has 3 amide bonds. The molecule has 1 unspecified atom stereocenters. The number of anilines is 2. The minimum absolute atomic E-state index is 0.0346. The zero-order chi connectivity index (χ0) is 26.1. The summed E-state index contributed by atoms with van der Waals surface area (Å²) in [7, 11) is 0. The van der Waals surface area contributed by atoms with E-state index in [0.29, 0.717) is 25.6 Å². The molecule has 188 valence electrons. The molecule has 2 N–H and O–H groups in total. The Morgan fingerprint density at radius 1 is 1.05 bits per heavy atom. The lowest BCUT2D eigenvalue weighted by molar-refractivity contribution is 0.0955. The van der Waals surface area contributed by atoms with Crippen LogP contribution in [0.25, 0.3) is 5.69 Å². The highest BCUT2D eigenvalue weighted by atomic mass is 35.5. The Morgan fingerprint density at radius 2 is 1.89 bits per heavy atom. The molecule has 1 aliphatic rings. The second-order valence-corrected chi connectivity index (χ2v) is 10.4. The molecule has 2 aromatic carbocycles. The number of fused-ring (bicyclic) bond motifs is 1. The summed E-state index contributed by atoms with van der Waals surface area (Å²) in [5, 5.41) is 5.94. The van der Waals surface area contributed by atoms with Crippen LogP contribution in [0.2, 0.25) is 9.36 Å². The second-order valence-electron chi connectivity index (χ2n) is 8.30. The summed E-state index contributed by atoms with van der Waals surface area (Å²) in [5.74, 6) is -1.23. The molecule has 0 bridgehead atoms. The molecule has 0 saturated carbocycles. The smallest absolute Gasteiger partial charge is 0.326 e. The third kappa shape index (κ3) is 5.11. The first-order chi connectivity index (χ1) is 17.8. The van der Waals surface area contributed by atoms with Crippen molar-refractivity contribution >= 4 is 57.9 Å². The summed E-state index contributed by atoms with van der Waals surface area (Å²) in [6, 6.07) is 16.7. The lowest BCUT2D eigenvalue weighted by Gasteiger charge is -2.19. The van der Waals surface area contributed by atoms with E-state index in [1.165, 1.54) is 45.2 Å². The number of carbonyl (C=O) groups excluding carboxylic acids is 2. The van der Waals surface area contributed by atoms with Crippen molar-refractivity contribution in [3.05, 3.63) is 109 Å². The maximum absolute atomic E-state index is 14.9. The van der Waals surface area contributed by atoms with Gasteiger partial charge in [-0.25, -0.2) is 9.18 Å². The van der Waals surface area contributed by atoms with Gasteiger partial charge in [0.25, 0.3) is 11.5 Å². The molecule has 0 radical (unpaired) electrons. The molecule has 2 aromatic heterocycles. The largest absolute Gasteiger partial charge is 0.351 e. The summed E-state index contributed by atoms with van der Waals surface area (Å²) in [6.07, 6.45) is 1.53. The number of carbonyl (C=O) groups is 2. The van der Waals surface area contributed by atoms with Crippen LogP contribution in [0.4, 0.5) is 20.6 Å². The number of hydrogen-bond acceptors (Lipinski definition) is 4. The fourth-order valence-corrected chi connectivity index (χ4v) is 5.54. The maximum atomic E-state index is 14.9. The van der Waals surface area contributed by atoms with Gasteiger partial charge in [0.05, 0.1) is 26.3 Å². The Balaban J connectivity index is 1.33. The topological polar surface area (TPSA) is 83.4 Å². The Labute approximate surface area is 225 Å². The first-order valence-electron chi connectivity index (χ1n) is 11.2. The van der Waals surface area contributed by atoms with Gasteiger partial charge in [0.15, 0.2) is 0 Å². The van der Waals surface area contributed by atoms with Crippen LogP contribution in [0.5, 0.6) is 0 Å². The average Bonchev–Trinajstić information content (AvgIpc) is 3.49. The van der Waals surface area contributed by atoms with Crippen LogP contribution in [0, 0.1) is 5.82 Å². The van der Waals surface area contributed by atoms with Crippen LogP contribution >= 0.6 is 34.5 Å². The highest BCUT2D eigenvalue weighted by Gasteiger charge is 2.34. The van der Waals surface area contributed by atoms with E-state index in [1.54, 1.807) is 48.5 Å². The van der Waals surface area contributed by atoms with Crippen molar-refractivity contribution in [1.82, 2.24) is 9.88 Å². The zero-order valence-electron chi connectivity index (χ0n) is 19.1. The number of halogens is 3. The van der Waals surface area contributed by atoms with E-state index in [2.05, 4.69) is 10.6 Å². The third-order valence-corrected chi connectivity index (χ3v) is 7.54. The number of amides is 3. The van der Waals surface area contributed by atoms with E-state index >= 15 is 0 Å². The van der Waals surface area contributed by atoms with Crippen molar-refractivity contribution in [3.63, 3.8) is 0 Å². The molecule has 37 heavy (non-hydrogen) atoms. The van der Waals surface area contributed by atoms with Crippen molar-refractivity contribution in [3.8, 4) is 5.69 Å². The van der Waals surface area contributed by atoms with E-state index < -0.39 is 11.8 Å². The molecule has 3 heterocycles. The SMILES string of the molecule is O=C(NCC1CN(C(=O)Nc2ccc(-n3ccccc3=O)cc2F)c2cccc(Cl)c21)c1ccc(Cl)s1. The maximum Gasteiger partial charge on any atom is 0.326 e. The van der Waals surface area contributed by atoms with Gasteiger partial charge in [-0.1, -0.05) is 35.3 Å². The second kappa shape index (κ2) is 10.4. The van der Waals surface area contributed by atoms with Crippen molar-refractivity contribution in [1.29, 1.82) is 0 Å². The van der Waals surface area contributed by atoms with Crippen LogP contribution in [0.15, 0.2) is 77.7 Å². The Hall–Kier alpha value is -3.66. The van der Waals surface area contributed by atoms with Gasteiger partial charge in [-0.2, -0.15) is 0 Å². The number of hydrogen-bond donors (Lipinski definition) is 2. The van der Waals surface area contributed by atoms with Gasteiger partial charge >= 0.3 is 6.03 Å². The number of thiophene rings is 1. The fourth-order valence-electron chi connectivity index (χ4n) is 4.25. The van der Waals surface area contributed by atoms with Gasteiger partial charge in [0, 0.05) is 47.9 Å². The van der Waals surface area contributed by atoms with E-state index in [4.69, 9.17) is 23.2 Å². The average molecular weight is 557 g/mol. The lowest BCUT2D eigenvalue weighted by atomic mass is 10.0. The molecule has 1 atom stereocenters. The van der Waals surface area contributed by atoms with Crippen LogP contribution < -0.4 is 21.1 Å². The highest BCUT2D eigenvalue weighted by molar-refractivity contribution is 7.18. The fraction of sp³-hybridized carbons (Fsp3) is 0.115. The van der Waals surface area contributed by atoms with Gasteiger partial charge < -0.3 is 10.6 Å². The molecule has 5 rings (SSSR count). The summed E-state index contributed by atoms with van der Waals surface area (Å²) in [4.78, 5) is 39.7. The summed E-state index contributed by atoms with van der Waals surface area (Å²) in [5.41, 5.74) is 1.30. The van der Waals surface area contributed by atoms with Crippen molar-refractivity contribution in [2.24, 2.45) is 0 Å². The lowest BCUT2D eigenvalue weighted by Crippen LogP contribution is -2.36. The molecule has 0 saturated heterocycles. The van der Waals surface area contributed by atoms with Gasteiger partial charge in [-0.15, -0.1) is 11.3 Å². The van der Waals surface area contributed by atoms with Crippen molar-refractivity contribution < 1.29 is 14.0 Å². The molecule has 0 aliphatic carbocycles. The van der Waals surface area contributed by atoms with E-state index in [9.17, 15) is 18.8 Å². The van der Waals surface area contributed by atoms with Crippen molar-refractivity contribution in [2.45, 2.75) is 5.92 Å². The minimum Gasteiger partial charge on any atom is -0.351 e. The number of pyridine rings is 1. The molecule has 4 aromatic rings. The Morgan fingerprint density at radius 3 is 2.62 bits per heavy atom. The first-order valence-corrected chi connectivity index (χ1v) is 12.8. The van der Waals surface area contributed by atoms with Crippen LogP contribution in [-0.2, 0) is 0 Å². The monoisotopic (exact) mass is 556 g/mol. The summed E-state index contributed by atoms with van der Waals surface area (Å²) < 4.78 is 16.7. The number of nitrogens with one attached hydrogen (secondary N) is 2. The van der Waals surface area contributed by atoms with Gasteiger partial charge in [0.2, 0.25) is 0 Å². The normalized spacial score (nSPS) is 14.4. The number of benzene rings is 2. The molecule has 0 fully saturated rings. The zero-order valence-corrected chi connectivity index (χ0v) is 21.4. The minimum atomic E-state index is -0.689. The van der Waals surface area contributed by atoms with Crippen LogP contribution in [0.1, 0.15) is 21.2 Å². The van der Waals surface area contributed by atoms with Gasteiger partial charge in [-0.05, 0) is 42.5 Å². The van der Waals surface area contributed by atoms with E-state index in [-0.39, 0.29) is 36.2 Å². The number of rotatable bonds is 5. The highest BCUT2D eigenvalue weighted by Crippen LogP contribution is 2.41. The predicted octanol–water partition coefficient (Wildman–Crippen LogP) is 5.91. The molecular weight excluding hydrogens is 538 g/mol. The Bertz CT molecular complexity index is 1570. The summed E-state index contributed by atoms with van der Waals surface area (Å²) >= 11 is 13.6. The molecule has 11 heteroatoms. The molecule has 7 nitrogen and oxygen atoms in total. The standard InChI is InChI=1S/C26H19Cl2FN4O3S/c27-17-4-3-5-20-24(17)15(13-30-25(35)21-9-10-22(28)37-21)14-33(20)26(36)31-19-8-7-16(12-18(19)29)32-11-2-1-6-23(32)34/h1-12,15H,13-14H2,(H,30,35)(H,31,36). The van der Waals surface area contributed by atoms with Gasteiger partial charge in [0.1, 0.15) is 5.82 Å². The molecular formula is C26H19Cl2FN4O3S. The Kier molecular flexibility index (Phi) is 7.01. The number of aromatic nitrogens is 1. The van der Waals surface area contributed by atoms with Crippen molar-refractivity contribution in [2.75, 3.05) is 23.3 Å². The first kappa shape index (κ1) is 25.0. The van der Waals surface area contributed by atoms with Crippen LogP contribution in [-0.4, -0.2) is 29.6 Å². The quantitative estimate of drug-likeness (QED) is 0.320. The van der Waals surface area contributed by atoms with Crippen LogP contribution in [0.3, 0.4) is 0 Å². The predicted molar refractivity (Wildman–Crippen MR) is 144 cm³/mol.